The maximum atomic E-state index is 11.1. The predicted molar refractivity (Wildman–Crippen MR) is 91.5 cm³/mol. The number of aliphatic hydroxyl groups is 1. The fourth-order valence-corrected chi connectivity index (χ4v) is 3.14. The van der Waals surface area contributed by atoms with Crippen molar-refractivity contribution in [3.8, 4) is 0 Å². The van der Waals surface area contributed by atoms with Gasteiger partial charge in [0, 0.05) is 13.1 Å². The largest absolute Gasteiger partial charge is 0.481 e. The van der Waals surface area contributed by atoms with Gasteiger partial charge in [0.05, 0.1) is 12.0 Å². The maximum absolute atomic E-state index is 11.1. The summed E-state index contributed by atoms with van der Waals surface area (Å²) in [6.45, 7) is 8.80. The first-order valence-corrected chi connectivity index (χ1v) is 8.51. The third-order valence-corrected chi connectivity index (χ3v) is 4.74. The van der Waals surface area contributed by atoms with E-state index < -0.39 is 12.1 Å². The molecule has 2 unspecified atom stereocenters. The Bertz CT molecular complexity index is 518. The second-order valence-corrected chi connectivity index (χ2v) is 7.65. The van der Waals surface area contributed by atoms with Crippen LogP contribution in [0.4, 0.5) is 0 Å². The Morgan fingerprint density at radius 2 is 1.96 bits per heavy atom. The summed E-state index contributed by atoms with van der Waals surface area (Å²) in [7, 11) is 0. The zero-order chi connectivity index (χ0) is 17.0. The van der Waals surface area contributed by atoms with Crippen molar-refractivity contribution in [1.29, 1.82) is 0 Å². The fourth-order valence-electron chi connectivity index (χ4n) is 3.14. The summed E-state index contributed by atoms with van der Waals surface area (Å²) in [6.07, 6.45) is 1.84. The van der Waals surface area contributed by atoms with Gasteiger partial charge in [0.15, 0.2) is 0 Å². The normalized spacial score (nSPS) is 21.1. The van der Waals surface area contributed by atoms with Gasteiger partial charge in [-0.2, -0.15) is 0 Å². The third-order valence-electron chi connectivity index (χ3n) is 4.74. The number of carbonyl (C=O) groups is 1. The average molecular weight is 319 g/mol. The number of aliphatic carboxylic acids is 1. The minimum Gasteiger partial charge on any atom is -0.481 e. The van der Waals surface area contributed by atoms with Gasteiger partial charge in [-0.1, -0.05) is 45.0 Å². The van der Waals surface area contributed by atoms with Crippen molar-refractivity contribution in [2.45, 2.75) is 51.6 Å². The highest BCUT2D eigenvalue weighted by Crippen LogP contribution is 2.25. The van der Waals surface area contributed by atoms with Crippen molar-refractivity contribution < 1.29 is 15.0 Å². The van der Waals surface area contributed by atoms with Crippen molar-refractivity contribution in [2.75, 3.05) is 19.6 Å². The molecule has 128 valence electrons. The summed E-state index contributed by atoms with van der Waals surface area (Å²) in [5.74, 6) is -0.958. The number of benzene rings is 1. The van der Waals surface area contributed by atoms with Crippen LogP contribution in [-0.2, 0) is 10.2 Å². The van der Waals surface area contributed by atoms with Gasteiger partial charge >= 0.3 is 5.97 Å². The molecule has 1 aromatic rings. The molecule has 23 heavy (non-hydrogen) atoms. The molecule has 0 aromatic heterocycles. The Morgan fingerprint density at radius 1 is 1.30 bits per heavy atom. The highest BCUT2D eigenvalue weighted by molar-refractivity contribution is 5.70. The molecule has 4 heteroatoms. The highest BCUT2D eigenvalue weighted by Gasteiger charge is 2.25. The number of aliphatic hydroxyl groups excluding tert-OH is 1. The van der Waals surface area contributed by atoms with Crippen LogP contribution in [0.3, 0.4) is 0 Å². The number of nitrogens with zero attached hydrogens (tertiary/aromatic N) is 1. The van der Waals surface area contributed by atoms with E-state index >= 15 is 0 Å². The molecule has 2 rings (SSSR count). The molecule has 0 radical (unpaired) electrons. The van der Waals surface area contributed by atoms with E-state index in [0.29, 0.717) is 13.0 Å². The molecule has 1 aliphatic rings. The smallest absolute Gasteiger partial charge is 0.307 e. The first-order valence-electron chi connectivity index (χ1n) is 8.51. The van der Waals surface area contributed by atoms with Crippen molar-refractivity contribution in [2.24, 2.45) is 5.92 Å². The number of piperidine rings is 1. The molecule has 0 saturated carbocycles. The highest BCUT2D eigenvalue weighted by atomic mass is 16.4. The first kappa shape index (κ1) is 18.0. The summed E-state index contributed by atoms with van der Waals surface area (Å²) < 4.78 is 0. The molecule has 1 aromatic carbocycles. The Balaban J connectivity index is 1.87. The maximum Gasteiger partial charge on any atom is 0.307 e. The van der Waals surface area contributed by atoms with Crippen molar-refractivity contribution in [3.05, 3.63) is 35.4 Å². The average Bonchev–Trinajstić information content (AvgIpc) is 2.52. The second-order valence-electron chi connectivity index (χ2n) is 7.65. The SMILES string of the molecule is CC(C)(C)c1ccc(C(O)CCN2CCCC(C(=O)O)C2)cc1. The number of likely N-dealkylation sites (tertiary alicyclic amines) is 1. The van der Waals surface area contributed by atoms with E-state index in [1.807, 2.05) is 12.1 Å². The standard InChI is InChI=1S/C19H29NO3/c1-19(2,3)16-8-6-14(7-9-16)17(21)10-12-20-11-4-5-15(13-20)18(22)23/h6-9,15,17,21H,4-5,10-13H2,1-3H3,(H,22,23). The van der Waals surface area contributed by atoms with Crippen LogP contribution < -0.4 is 0 Å². The predicted octanol–water partition coefficient (Wildman–Crippen LogP) is 3.20. The Kier molecular flexibility index (Phi) is 5.82. The van der Waals surface area contributed by atoms with E-state index in [9.17, 15) is 9.90 Å². The lowest BCUT2D eigenvalue weighted by Gasteiger charge is -2.31. The van der Waals surface area contributed by atoms with Gasteiger partial charge in [0.1, 0.15) is 0 Å². The molecule has 4 nitrogen and oxygen atoms in total. The summed E-state index contributed by atoms with van der Waals surface area (Å²) in [6, 6.07) is 8.17. The zero-order valence-electron chi connectivity index (χ0n) is 14.5. The first-order chi connectivity index (χ1) is 10.8. The molecule has 0 spiro atoms. The van der Waals surface area contributed by atoms with Gasteiger partial charge in [-0.15, -0.1) is 0 Å². The van der Waals surface area contributed by atoms with Crippen LogP contribution in [-0.4, -0.2) is 40.7 Å². The molecule has 0 bridgehead atoms. The molecule has 2 atom stereocenters. The Morgan fingerprint density at radius 3 is 2.52 bits per heavy atom. The lowest BCUT2D eigenvalue weighted by atomic mass is 9.86. The molecular weight excluding hydrogens is 290 g/mol. The molecule has 0 amide bonds. The summed E-state index contributed by atoms with van der Waals surface area (Å²) in [5.41, 5.74) is 2.31. The van der Waals surface area contributed by atoms with E-state index in [2.05, 4.69) is 37.8 Å². The number of carboxylic acid groups (broad SMARTS) is 1. The van der Waals surface area contributed by atoms with E-state index in [-0.39, 0.29) is 11.3 Å². The van der Waals surface area contributed by atoms with Crippen LogP contribution in [0, 0.1) is 5.92 Å². The van der Waals surface area contributed by atoms with Crippen LogP contribution in [0.2, 0.25) is 0 Å². The third kappa shape index (κ3) is 5.05. The number of hydrogen-bond donors (Lipinski definition) is 2. The van der Waals surface area contributed by atoms with E-state index in [0.717, 1.165) is 31.5 Å². The van der Waals surface area contributed by atoms with Crippen molar-refractivity contribution in [1.82, 2.24) is 4.90 Å². The van der Waals surface area contributed by atoms with E-state index in [4.69, 9.17) is 5.11 Å². The second kappa shape index (κ2) is 7.45. The van der Waals surface area contributed by atoms with Gasteiger partial charge in [-0.25, -0.2) is 0 Å². The number of carboxylic acids is 1. The quantitative estimate of drug-likeness (QED) is 0.875. The number of rotatable bonds is 5. The van der Waals surface area contributed by atoms with Gasteiger partial charge in [0.25, 0.3) is 0 Å². The van der Waals surface area contributed by atoms with E-state index in [1.54, 1.807) is 0 Å². The molecule has 1 heterocycles. The Hall–Kier alpha value is -1.39. The minimum atomic E-state index is -0.701. The van der Waals surface area contributed by atoms with Crippen LogP contribution >= 0.6 is 0 Å². The molecule has 1 fully saturated rings. The van der Waals surface area contributed by atoms with Crippen LogP contribution in [0.1, 0.15) is 57.3 Å². The lowest BCUT2D eigenvalue weighted by Crippen LogP contribution is -2.39. The zero-order valence-corrected chi connectivity index (χ0v) is 14.5. The topological polar surface area (TPSA) is 60.8 Å². The summed E-state index contributed by atoms with van der Waals surface area (Å²) in [5, 5.41) is 19.5. The fraction of sp³-hybridized carbons (Fsp3) is 0.632. The Labute approximate surface area is 139 Å². The van der Waals surface area contributed by atoms with Crippen molar-refractivity contribution in [3.63, 3.8) is 0 Å². The summed E-state index contributed by atoms with van der Waals surface area (Å²) in [4.78, 5) is 13.3. The van der Waals surface area contributed by atoms with Crippen LogP contribution in [0.5, 0.6) is 0 Å². The van der Waals surface area contributed by atoms with Gasteiger partial charge in [0.2, 0.25) is 0 Å². The molecule has 1 saturated heterocycles. The van der Waals surface area contributed by atoms with E-state index in [1.165, 1.54) is 5.56 Å². The van der Waals surface area contributed by atoms with Gasteiger partial charge in [-0.3, -0.25) is 4.79 Å². The lowest BCUT2D eigenvalue weighted by molar-refractivity contribution is -0.143. The molecule has 0 aliphatic carbocycles. The van der Waals surface area contributed by atoms with Gasteiger partial charge < -0.3 is 15.1 Å². The van der Waals surface area contributed by atoms with Crippen molar-refractivity contribution >= 4 is 5.97 Å². The minimum absolute atomic E-state index is 0.114. The van der Waals surface area contributed by atoms with Crippen LogP contribution in [0.25, 0.3) is 0 Å². The monoisotopic (exact) mass is 319 g/mol. The van der Waals surface area contributed by atoms with Gasteiger partial charge in [-0.05, 0) is 42.3 Å². The molecule has 2 N–H and O–H groups in total. The molecular formula is C19H29NO3. The number of hydrogen-bond acceptors (Lipinski definition) is 3. The van der Waals surface area contributed by atoms with Crippen LogP contribution in [0.15, 0.2) is 24.3 Å². The summed E-state index contributed by atoms with van der Waals surface area (Å²) >= 11 is 0. The molecule has 1 aliphatic heterocycles.